The van der Waals surface area contributed by atoms with Crippen molar-refractivity contribution in [3.63, 3.8) is 0 Å². The first-order valence-electron chi connectivity index (χ1n) is 14.0. The Labute approximate surface area is 244 Å². The lowest BCUT2D eigenvalue weighted by Gasteiger charge is -2.33. The Bertz CT molecular complexity index is 1410. The van der Waals surface area contributed by atoms with E-state index in [1.807, 2.05) is 52.0 Å². The number of para-hydroxylation sites is 1. The molecule has 0 saturated carbocycles. The van der Waals surface area contributed by atoms with E-state index >= 15 is 0 Å². The molecule has 0 spiro atoms. The van der Waals surface area contributed by atoms with Crippen LogP contribution >= 0.6 is 0 Å². The Morgan fingerprint density at radius 2 is 1.59 bits per heavy atom. The minimum absolute atomic E-state index is 0.0882. The second kappa shape index (κ2) is 14.7. The van der Waals surface area contributed by atoms with Gasteiger partial charge in [0.15, 0.2) is 0 Å². The van der Waals surface area contributed by atoms with E-state index in [2.05, 4.69) is 5.32 Å². The predicted molar refractivity (Wildman–Crippen MR) is 162 cm³/mol. The maximum absolute atomic E-state index is 14.1. The summed E-state index contributed by atoms with van der Waals surface area (Å²) in [4.78, 5) is 29.0. The van der Waals surface area contributed by atoms with Crippen molar-refractivity contribution in [3.05, 3.63) is 89.5 Å². The largest absolute Gasteiger partial charge is 0.497 e. The van der Waals surface area contributed by atoms with E-state index < -0.39 is 28.5 Å². The molecule has 0 unspecified atom stereocenters. The molecule has 0 fully saturated rings. The smallest absolute Gasteiger partial charge is 0.264 e. The van der Waals surface area contributed by atoms with Gasteiger partial charge < -0.3 is 15.0 Å². The summed E-state index contributed by atoms with van der Waals surface area (Å²) in [6, 6.07) is 20.1. The Kier molecular flexibility index (Phi) is 11.3. The van der Waals surface area contributed by atoms with Gasteiger partial charge in [-0.15, -0.1) is 0 Å². The molecule has 8 nitrogen and oxygen atoms in total. The molecular weight excluding hydrogens is 538 g/mol. The monoisotopic (exact) mass is 579 g/mol. The van der Waals surface area contributed by atoms with Crippen molar-refractivity contribution >= 4 is 27.5 Å². The third-order valence-corrected chi connectivity index (χ3v) is 8.77. The summed E-state index contributed by atoms with van der Waals surface area (Å²) >= 11 is 0. The zero-order chi connectivity index (χ0) is 30.0. The van der Waals surface area contributed by atoms with Crippen LogP contribution < -0.4 is 14.4 Å². The van der Waals surface area contributed by atoms with Crippen molar-refractivity contribution in [2.24, 2.45) is 0 Å². The number of unbranched alkanes of at least 4 members (excludes halogenated alkanes) is 1. The summed E-state index contributed by atoms with van der Waals surface area (Å²) in [6.45, 7) is 7.76. The molecule has 41 heavy (non-hydrogen) atoms. The summed E-state index contributed by atoms with van der Waals surface area (Å²) < 4.78 is 34.4. The highest BCUT2D eigenvalue weighted by molar-refractivity contribution is 7.92. The van der Waals surface area contributed by atoms with Crippen molar-refractivity contribution in [1.29, 1.82) is 0 Å². The van der Waals surface area contributed by atoms with Crippen molar-refractivity contribution in [2.45, 2.75) is 64.4 Å². The molecule has 0 bridgehead atoms. The number of benzene rings is 3. The van der Waals surface area contributed by atoms with Gasteiger partial charge >= 0.3 is 0 Å². The number of methoxy groups -OCH3 is 1. The molecule has 3 aromatic rings. The summed E-state index contributed by atoms with van der Waals surface area (Å²) in [7, 11) is -2.53. The number of ether oxygens (including phenoxy) is 1. The number of amides is 2. The van der Waals surface area contributed by atoms with Crippen molar-refractivity contribution in [2.75, 3.05) is 24.5 Å². The topological polar surface area (TPSA) is 96.0 Å². The van der Waals surface area contributed by atoms with Gasteiger partial charge in [-0.25, -0.2) is 8.42 Å². The van der Waals surface area contributed by atoms with Gasteiger partial charge in [0, 0.05) is 13.1 Å². The van der Waals surface area contributed by atoms with Crippen LogP contribution in [0.4, 0.5) is 5.69 Å². The molecule has 2 amide bonds. The first kappa shape index (κ1) is 31.7. The molecule has 1 N–H and O–H groups in total. The van der Waals surface area contributed by atoms with Gasteiger partial charge in [0.25, 0.3) is 10.0 Å². The zero-order valence-electron chi connectivity index (χ0n) is 24.6. The summed E-state index contributed by atoms with van der Waals surface area (Å²) in [6.07, 6.45) is 2.12. The third-order valence-electron chi connectivity index (χ3n) is 7.00. The highest BCUT2D eigenvalue weighted by Gasteiger charge is 2.34. The summed E-state index contributed by atoms with van der Waals surface area (Å²) in [5.74, 6) is -0.0604. The van der Waals surface area contributed by atoms with Crippen LogP contribution in [0, 0.1) is 13.8 Å². The van der Waals surface area contributed by atoms with Crippen LogP contribution in [0.3, 0.4) is 0 Å². The fraction of sp³-hybridized carbons (Fsp3) is 0.375. The van der Waals surface area contributed by atoms with Crippen molar-refractivity contribution in [3.8, 4) is 5.75 Å². The minimum Gasteiger partial charge on any atom is -0.497 e. The third kappa shape index (κ3) is 8.10. The fourth-order valence-electron chi connectivity index (χ4n) is 4.55. The standard InChI is InChI=1S/C32H41N3O5S/c1-6-8-21-33-32(37)29(7-2)34(22-26-15-17-27(40-5)18-16-26)31(36)23-35(30-12-10-9-11-25(30)4)41(38,39)28-19-13-24(3)14-20-28/h9-20,29H,6-8,21-23H2,1-5H3,(H,33,37)/t29-/m0/s1. The quantitative estimate of drug-likeness (QED) is 0.264. The maximum atomic E-state index is 14.1. The van der Waals surface area contributed by atoms with E-state index in [1.54, 1.807) is 55.6 Å². The van der Waals surface area contributed by atoms with Crippen LogP contribution in [0.15, 0.2) is 77.7 Å². The number of nitrogens with one attached hydrogen (secondary N) is 1. The molecule has 1 atom stereocenters. The van der Waals surface area contributed by atoms with Crippen LogP contribution in [0.2, 0.25) is 0 Å². The number of anilines is 1. The number of carbonyl (C=O) groups excluding carboxylic acids is 2. The van der Waals surface area contributed by atoms with Crippen LogP contribution in [0.5, 0.6) is 5.75 Å². The average Bonchev–Trinajstić information content (AvgIpc) is 2.96. The van der Waals surface area contributed by atoms with Gasteiger partial charge in [0.05, 0.1) is 17.7 Å². The normalized spacial score (nSPS) is 11.9. The first-order valence-corrected chi connectivity index (χ1v) is 15.4. The highest BCUT2D eigenvalue weighted by atomic mass is 32.2. The number of nitrogens with zero attached hydrogens (tertiary/aromatic N) is 2. The van der Waals surface area contributed by atoms with Gasteiger partial charge in [-0.3, -0.25) is 13.9 Å². The second-order valence-electron chi connectivity index (χ2n) is 10.0. The van der Waals surface area contributed by atoms with Gasteiger partial charge in [0.2, 0.25) is 11.8 Å². The predicted octanol–water partition coefficient (Wildman–Crippen LogP) is 5.23. The maximum Gasteiger partial charge on any atom is 0.264 e. The van der Waals surface area contributed by atoms with E-state index in [-0.39, 0.29) is 17.3 Å². The molecule has 0 aliphatic heterocycles. The van der Waals surface area contributed by atoms with Crippen LogP contribution in [0.1, 0.15) is 49.8 Å². The Morgan fingerprint density at radius 1 is 0.927 bits per heavy atom. The molecule has 220 valence electrons. The second-order valence-corrected chi connectivity index (χ2v) is 11.9. The fourth-order valence-corrected chi connectivity index (χ4v) is 6.03. The van der Waals surface area contributed by atoms with Gasteiger partial charge in [-0.1, -0.05) is 68.3 Å². The lowest BCUT2D eigenvalue weighted by atomic mass is 10.1. The van der Waals surface area contributed by atoms with E-state index in [1.165, 1.54) is 4.90 Å². The summed E-state index contributed by atoms with van der Waals surface area (Å²) in [5, 5.41) is 2.94. The van der Waals surface area contributed by atoms with Crippen LogP contribution in [-0.4, -0.2) is 51.4 Å². The van der Waals surface area contributed by atoms with Gasteiger partial charge in [0.1, 0.15) is 18.3 Å². The average molecular weight is 580 g/mol. The van der Waals surface area contributed by atoms with E-state index in [0.29, 0.717) is 30.0 Å². The lowest BCUT2D eigenvalue weighted by molar-refractivity contribution is -0.140. The molecule has 9 heteroatoms. The van der Waals surface area contributed by atoms with E-state index in [4.69, 9.17) is 4.74 Å². The van der Waals surface area contributed by atoms with Gasteiger partial charge in [-0.05, 0) is 68.1 Å². The number of carbonyl (C=O) groups is 2. The Morgan fingerprint density at radius 3 is 2.17 bits per heavy atom. The Balaban J connectivity index is 2.04. The number of rotatable bonds is 14. The van der Waals surface area contributed by atoms with Crippen molar-refractivity contribution < 1.29 is 22.7 Å². The number of hydrogen-bond acceptors (Lipinski definition) is 5. The minimum atomic E-state index is -4.11. The summed E-state index contributed by atoms with van der Waals surface area (Å²) in [5.41, 5.74) is 2.84. The molecule has 0 aromatic heterocycles. The molecule has 3 rings (SSSR count). The molecule has 0 heterocycles. The zero-order valence-corrected chi connectivity index (χ0v) is 25.4. The SMILES string of the molecule is CCCCNC(=O)[C@H](CC)N(Cc1ccc(OC)cc1)C(=O)CN(c1ccccc1C)S(=O)(=O)c1ccc(C)cc1. The number of sulfonamides is 1. The molecular formula is C32H41N3O5S. The molecule has 0 saturated heterocycles. The van der Waals surface area contributed by atoms with E-state index in [9.17, 15) is 18.0 Å². The molecule has 3 aromatic carbocycles. The number of aryl methyl sites for hydroxylation is 2. The van der Waals surface area contributed by atoms with Crippen LogP contribution in [0.25, 0.3) is 0 Å². The highest BCUT2D eigenvalue weighted by Crippen LogP contribution is 2.28. The number of hydrogen-bond donors (Lipinski definition) is 1. The first-order chi connectivity index (χ1) is 19.6. The van der Waals surface area contributed by atoms with E-state index in [0.717, 1.165) is 28.3 Å². The van der Waals surface area contributed by atoms with Crippen LogP contribution in [-0.2, 0) is 26.2 Å². The lowest BCUT2D eigenvalue weighted by Crippen LogP contribution is -2.52. The Hall–Kier alpha value is -3.85. The van der Waals surface area contributed by atoms with Crippen molar-refractivity contribution in [1.82, 2.24) is 10.2 Å². The molecule has 0 aliphatic rings. The van der Waals surface area contributed by atoms with Gasteiger partial charge in [-0.2, -0.15) is 0 Å². The molecule has 0 radical (unpaired) electrons. The molecule has 0 aliphatic carbocycles.